The van der Waals surface area contributed by atoms with E-state index in [-0.39, 0.29) is 5.91 Å². The molecule has 1 fully saturated rings. The lowest BCUT2D eigenvalue weighted by Crippen LogP contribution is -2.40. The third kappa shape index (κ3) is 2.31. The summed E-state index contributed by atoms with van der Waals surface area (Å²) in [6, 6.07) is 7.25. The number of hydrogen-bond donors (Lipinski definition) is 1. The van der Waals surface area contributed by atoms with Crippen LogP contribution in [0.2, 0.25) is 5.02 Å². The number of rotatable bonds is 2. The van der Waals surface area contributed by atoms with Crippen LogP contribution in [0.25, 0.3) is 0 Å². The van der Waals surface area contributed by atoms with Crippen LogP contribution in [-0.2, 0) is 4.79 Å². The zero-order chi connectivity index (χ0) is 12.5. The van der Waals surface area contributed by atoms with E-state index in [0.29, 0.717) is 23.6 Å². The summed E-state index contributed by atoms with van der Waals surface area (Å²) in [5.41, 5.74) is -0.181. The van der Waals surface area contributed by atoms with E-state index in [2.05, 4.69) is 27.3 Å². The molecule has 2 rings (SSSR count). The van der Waals surface area contributed by atoms with Crippen molar-refractivity contribution in [3.8, 4) is 6.07 Å². The van der Waals surface area contributed by atoms with Crippen LogP contribution in [0.4, 0.5) is 5.69 Å². The largest absolute Gasteiger partial charge is 0.325 e. The van der Waals surface area contributed by atoms with Crippen molar-refractivity contribution in [3.63, 3.8) is 0 Å². The van der Waals surface area contributed by atoms with E-state index in [0.717, 1.165) is 10.9 Å². The lowest BCUT2D eigenvalue weighted by molar-refractivity contribution is -0.126. The van der Waals surface area contributed by atoms with Crippen LogP contribution >= 0.6 is 27.5 Å². The van der Waals surface area contributed by atoms with Gasteiger partial charge in [0.2, 0.25) is 5.91 Å². The number of carbonyl (C=O) groups excluding carboxylic acids is 1. The Bertz CT molecular complexity index is 506. The number of halogens is 2. The zero-order valence-electron chi connectivity index (χ0n) is 8.96. The predicted octanol–water partition coefficient (Wildman–Crippen LogP) is 3.73. The van der Waals surface area contributed by atoms with Crippen molar-refractivity contribution >= 4 is 39.1 Å². The summed E-state index contributed by atoms with van der Waals surface area (Å²) in [6.45, 7) is 0. The molecule has 1 saturated carbocycles. The first-order chi connectivity index (χ1) is 8.07. The van der Waals surface area contributed by atoms with Gasteiger partial charge in [-0.3, -0.25) is 4.79 Å². The van der Waals surface area contributed by atoms with Gasteiger partial charge in [-0.15, -0.1) is 0 Å². The molecule has 0 heterocycles. The minimum Gasteiger partial charge on any atom is -0.325 e. The molecule has 1 aromatic rings. The van der Waals surface area contributed by atoms with Crippen molar-refractivity contribution in [2.24, 2.45) is 5.41 Å². The average molecular weight is 314 g/mol. The summed E-state index contributed by atoms with van der Waals surface area (Å²) in [4.78, 5) is 12.0. The molecule has 0 spiro atoms. The minimum atomic E-state index is -0.827. The molecule has 0 radical (unpaired) electrons. The fourth-order valence-corrected chi connectivity index (χ4v) is 2.24. The molecule has 0 saturated heterocycles. The van der Waals surface area contributed by atoms with E-state index in [4.69, 9.17) is 16.9 Å². The number of carbonyl (C=O) groups is 1. The lowest BCUT2D eigenvalue weighted by Gasteiger charge is -2.33. The standard InChI is InChI=1S/C12H10BrClN2O/c13-9-6-8(2-3-10(9)14)16-11(17)12(7-15)4-1-5-12/h2-3,6H,1,4-5H2,(H,16,17). The van der Waals surface area contributed by atoms with E-state index in [9.17, 15) is 4.79 Å². The first kappa shape index (κ1) is 12.4. The summed E-state index contributed by atoms with van der Waals surface area (Å²) in [5.74, 6) is -0.222. The highest BCUT2D eigenvalue weighted by atomic mass is 79.9. The molecular formula is C12H10BrClN2O. The normalized spacial score (nSPS) is 16.8. The number of benzene rings is 1. The second-order valence-electron chi connectivity index (χ2n) is 4.13. The Balaban J connectivity index is 2.13. The Labute approximate surface area is 113 Å². The van der Waals surface area contributed by atoms with Crippen molar-refractivity contribution in [3.05, 3.63) is 27.7 Å². The summed E-state index contributed by atoms with van der Waals surface area (Å²) in [6.07, 6.45) is 2.22. The van der Waals surface area contributed by atoms with Crippen LogP contribution in [0.1, 0.15) is 19.3 Å². The number of nitrogens with zero attached hydrogens (tertiary/aromatic N) is 1. The number of nitriles is 1. The zero-order valence-corrected chi connectivity index (χ0v) is 11.3. The lowest BCUT2D eigenvalue weighted by atomic mass is 9.69. The first-order valence-corrected chi connectivity index (χ1v) is 6.42. The molecular weight excluding hydrogens is 304 g/mol. The molecule has 3 nitrogen and oxygen atoms in total. The topological polar surface area (TPSA) is 52.9 Å². The molecule has 1 amide bonds. The van der Waals surface area contributed by atoms with Gasteiger partial charge in [0.25, 0.3) is 0 Å². The van der Waals surface area contributed by atoms with E-state index >= 15 is 0 Å². The highest BCUT2D eigenvalue weighted by molar-refractivity contribution is 9.10. The maximum atomic E-state index is 12.0. The van der Waals surface area contributed by atoms with Crippen LogP contribution in [0.3, 0.4) is 0 Å². The predicted molar refractivity (Wildman–Crippen MR) is 69.7 cm³/mol. The van der Waals surface area contributed by atoms with Gasteiger partial charge in [0.15, 0.2) is 0 Å². The molecule has 0 atom stereocenters. The highest BCUT2D eigenvalue weighted by Gasteiger charge is 2.44. The summed E-state index contributed by atoms with van der Waals surface area (Å²) >= 11 is 9.15. The smallest absolute Gasteiger partial charge is 0.244 e. The quantitative estimate of drug-likeness (QED) is 0.904. The molecule has 0 aliphatic heterocycles. The van der Waals surface area contributed by atoms with Gasteiger partial charge in [-0.05, 0) is 53.4 Å². The van der Waals surface area contributed by atoms with Crippen LogP contribution in [0.5, 0.6) is 0 Å². The SMILES string of the molecule is N#CC1(C(=O)Nc2ccc(Cl)c(Br)c2)CCC1. The van der Waals surface area contributed by atoms with Crippen molar-refractivity contribution < 1.29 is 4.79 Å². The Kier molecular flexibility index (Phi) is 3.41. The van der Waals surface area contributed by atoms with Crippen LogP contribution in [-0.4, -0.2) is 5.91 Å². The van der Waals surface area contributed by atoms with Crippen LogP contribution in [0.15, 0.2) is 22.7 Å². The molecule has 0 aromatic heterocycles. The van der Waals surface area contributed by atoms with Crippen molar-refractivity contribution in [2.75, 3.05) is 5.32 Å². The minimum absolute atomic E-state index is 0.222. The molecule has 5 heteroatoms. The molecule has 1 N–H and O–H groups in total. The van der Waals surface area contributed by atoms with Gasteiger partial charge in [0, 0.05) is 10.2 Å². The van der Waals surface area contributed by atoms with Gasteiger partial charge >= 0.3 is 0 Å². The van der Waals surface area contributed by atoms with E-state index in [1.165, 1.54) is 0 Å². The molecule has 1 aromatic carbocycles. The fraction of sp³-hybridized carbons (Fsp3) is 0.333. The third-order valence-corrected chi connectivity index (χ3v) is 4.25. The Hall–Kier alpha value is -1.05. The third-order valence-electron chi connectivity index (χ3n) is 3.03. The van der Waals surface area contributed by atoms with Gasteiger partial charge in [-0.25, -0.2) is 0 Å². The Morgan fingerprint density at radius 1 is 1.53 bits per heavy atom. The maximum Gasteiger partial charge on any atom is 0.244 e. The monoisotopic (exact) mass is 312 g/mol. The maximum absolute atomic E-state index is 12.0. The summed E-state index contributed by atoms with van der Waals surface area (Å²) in [7, 11) is 0. The van der Waals surface area contributed by atoms with E-state index in [1.54, 1.807) is 18.2 Å². The highest BCUT2D eigenvalue weighted by Crippen LogP contribution is 2.41. The Morgan fingerprint density at radius 3 is 2.71 bits per heavy atom. The molecule has 0 unspecified atom stereocenters. The second kappa shape index (κ2) is 4.67. The van der Waals surface area contributed by atoms with Gasteiger partial charge in [-0.2, -0.15) is 5.26 Å². The second-order valence-corrected chi connectivity index (χ2v) is 5.39. The molecule has 0 bridgehead atoms. The number of nitrogens with one attached hydrogen (secondary N) is 1. The van der Waals surface area contributed by atoms with Crippen molar-refractivity contribution in [1.82, 2.24) is 0 Å². The molecule has 17 heavy (non-hydrogen) atoms. The van der Waals surface area contributed by atoms with E-state index in [1.807, 2.05) is 0 Å². The van der Waals surface area contributed by atoms with Crippen LogP contribution in [0, 0.1) is 16.7 Å². The molecule has 1 aliphatic rings. The number of anilines is 1. The van der Waals surface area contributed by atoms with E-state index < -0.39 is 5.41 Å². The Morgan fingerprint density at radius 2 is 2.24 bits per heavy atom. The van der Waals surface area contributed by atoms with Crippen molar-refractivity contribution in [1.29, 1.82) is 5.26 Å². The van der Waals surface area contributed by atoms with Gasteiger partial charge < -0.3 is 5.32 Å². The fourth-order valence-electron chi connectivity index (χ4n) is 1.74. The average Bonchev–Trinajstić information content (AvgIpc) is 2.23. The van der Waals surface area contributed by atoms with Gasteiger partial charge in [0.05, 0.1) is 11.1 Å². The number of amides is 1. The van der Waals surface area contributed by atoms with Gasteiger partial charge in [0.1, 0.15) is 5.41 Å². The summed E-state index contributed by atoms with van der Waals surface area (Å²) < 4.78 is 0.719. The first-order valence-electron chi connectivity index (χ1n) is 5.25. The van der Waals surface area contributed by atoms with Crippen molar-refractivity contribution in [2.45, 2.75) is 19.3 Å². The molecule has 1 aliphatic carbocycles. The number of hydrogen-bond acceptors (Lipinski definition) is 2. The van der Waals surface area contributed by atoms with Gasteiger partial charge in [-0.1, -0.05) is 11.6 Å². The van der Waals surface area contributed by atoms with Crippen LogP contribution < -0.4 is 5.32 Å². The summed E-state index contributed by atoms with van der Waals surface area (Å²) in [5, 5.41) is 12.4. The molecule has 88 valence electrons.